The summed E-state index contributed by atoms with van der Waals surface area (Å²) < 4.78 is 0. The smallest absolute Gasteiger partial charge is 0.275 e. The Morgan fingerprint density at radius 1 is 1.10 bits per heavy atom. The molecule has 7 nitrogen and oxygen atoms in total. The fourth-order valence-corrected chi connectivity index (χ4v) is 4.95. The Balaban J connectivity index is 1.40. The Morgan fingerprint density at radius 3 is 2.63 bits per heavy atom. The average molecular weight is 406 g/mol. The van der Waals surface area contributed by atoms with Gasteiger partial charge in [0.05, 0.1) is 6.54 Å². The minimum atomic E-state index is -0.0452. The molecule has 4 heterocycles. The number of H-pyrrole nitrogens is 2. The van der Waals surface area contributed by atoms with Crippen molar-refractivity contribution in [3.8, 4) is 0 Å². The SMILES string of the molecule is C[C@@H]1CCC[C@@H](C)N1C(=O)c1n[nH]c2c1CN(C(=O)c1cc3ccccc3[nH]1)CC2. The van der Waals surface area contributed by atoms with E-state index in [1.54, 1.807) is 0 Å². The predicted octanol–water partition coefficient (Wildman–Crippen LogP) is 3.49. The third-order valence-electron chi connectivity index (χ3n) is 6.61. The van der Waals surface area contributed by atoms with Crippen molar-refractivity contribution in [1.29, 1.82) is 0 Å². The molecule has 2 N–H and O–H groups in total. The highest BCUT2D eigenvalue weighted by molar-refractivity contribution is 5.99. The highest BCUT2D eigenvalue weighted by atomic mass is 16.2. The van der Waals surface area contributed by atoms with E-state index < -0.39 is 0 Å². The standard InChI is InChI=1S/C23H27N5O2/c1-14-6-5-7-15(2)28(14)23(30)21-17-13-27(11-10-19(17)25-26-21)22(29)20-12-16-8-3-4-9-18(16)24-20/h3-4,8-9,12,14-15,24H,5-7,10-11,13H2,1-2H3,(H,25,26)/t14-,15-/m1/s1. The number of piperidine rings is 1. The van der Waals surface area contributed by atoms with E-state index in [0.29, 0.717) is 30.9 Å². The molecule has 1 aromatic carbocycles. The molecule has 30 heavy (non-hydrogen) atoms. The molecule has 0 spiro atoms. The van der Waals surface area contributed by atoms with Gasteiger partial charge in [0.1, 0.15) is 5.69 Å². The van der Waals surface area contributed by atoms with Crippen molar-refractivity contribution >= 4 is 22.7 Å². The van der Waals surface area contributed by atoms with Gasteiger partial charge in [0.2, 0.25) is 0 Å². The molecular weight excluding hydrogens is 378 g/mol. The number of rotatable bonds is 2. The molecular formula is C23H27N5O2. The number of likely N-dealkylation sites (tertiary alicyclic amines) is 1. The molecule has 2 atom stereocenters. The van der Waals surface area contributed by atoms with E-state index in [1.165, 1.54) is 0 Å². The fraction of sp³-hybridized carbons (Fsp3) is 0.435. The molecule has 1 saturated heterocycles. The first-order valence-electron chi connectivity index (χ1n) is 10.8. The topological polar surface area (TPSA) is 85.1 Å². The number of fused-ring (bicyclic) bond motifs is 2. The summed E-state index contributed by atoms with van der Waals surface area (Å²) >= 11 is 0. The summed E-state index contributed by atoms with van der Waals surface area (Å²) in [5.74, 6) is -0.0664. The maximum absolute atomic E-state index is 13.4. The van der Waals surface area contributed by atoms with E-state index in [1.807, 2.05) is 40.1 Å². The minimum absolute atomic E-state index is 0.0212. The van der Waals surface area contributed by atoms with Gasteiger partial charge in [-0.2, -0.15) is 5.10 Å². The number of nitrogens with one attached hydrogen (secondary N) is 2. The lowest BCUT2D eigenvalue weighted by molar-refractivity contribution is 0.0499. The zero-order chi connectivity index (χ0) is 20.8. The normalized spacial score (nSPS) is 21.7. The van der Waals surface area contributed by atoms with Crippen LogP contribution in [0.3, 0.4) is 0 Å². The van der Waals surface area contributed by atoms with Crippen LogP contribution in [0.25, 0.3) is 10.9 Å². The molecule has 0 saturated carbocycles. The van der Waals surface area contributed by atoms with Gasteiger partial charge in [0.25, 0.3) is 11.8 Å². The highest BCUT2D eigenvalue weighted by Gasteiger charge is 2.35. The monoisotopic (exact) mass is 405 g/mol. The molecule has 3 aromatic rings. The summed E-state index contributed by atoms with van der Waals surface area (Å²) in [5, 5.41) is 8.45. The number of aromatic amines is 2. The number of amides is 2. The van der Waals surface area contributed by atoms with E-state index in [9.17, 15) is 9.59 Å². The van der Waals surface area contributed by atoms with E-state index in [2.05, 4.69) is 29.0 Å². The summed E-state index contributed by atoms with van der Waals surface area (Å²) in [7, 11) is 0. The van der Waals surface area contributed by atoms with E-state index in [-0.39, 0.29) is 23.9 Å². The van der Waals surface area contributed by atoms with Gasteiger partial charge in [-0.25, -0.2) is 0 Å². The largest absolute Gasteiger partial charge is 0.351 e. The molecule has 0 radical (unpaired) electrons. The van der Waals surface area contributed by atoms with Gasteiger partial charge >= 0.3 is 0 Å². The molecule has 2 aliphatic heterocycles. The lowest BCUT2D eigenvalue weighted by Crippen LogP contribution is -2.48. The molecule has 2 aromatic heterocycles. The summed E-state index contributed by atoms with van der Waals surface area (Å²) in [6.07, 6.45) is 3.87. The predicted molar refractivity (Wildman–Crippen MR) is 114 cm³/mol. The minimum Gasteiger partial charge on any atom is -0.351 e. The number of nitrogens with zero attached hydrogens (tertiary/aromatic N) is 3. The third-order valence-corrected chi connectivity index (χ3v) is 6.61. The van der Waals surface area contributed by atoms with Gasteiger partial charge < -0.3 is 14.8 Å². The maximum atomic E-state index is 13.4. The molecule has 7 heteroatoms. The Bertz CT molecular complexity index is 1070. The van der Waals surface area contributed by atoms with Crippen molar-refractivity contribution in [1.82, 2.24) is 25.0 Å². The van der Waals surface area contributed by atoms with Crippen LogP contribution in [-0.2, 0) is 13.0 Å². The molecule has 2 amide bonds. The molecule has 2 aliphatic rings. The molecule has 0 bridgehead atoms. The Labute approximate surface area is 175 Å². The molecule has 0 unspecified atom stereocenters. The summed E-state index contributed by atoms with van der Waals surface area (Å²) in [6, 6.07) is 10.2. The summed E-state index contributed by atoms with van der Waals surface area (Å²) in [5.41, 5.74) is 3.83. The quantitative estimate of drug-likeness (QED) is 0.684. The van der Waals surface area contributed by atoms with Crippen LogP contribution in [0.4, 0.5) is 0 Å². The average Bonchev–Trinajstić information content (AvgIpc) is 3.36. The van der Waals surface area contributed by atoms with E-state index >= 15 is 0 Å². The zero-order valence-corrected chi connectivity index (χ0v) is 17.4. The van der Waals surface area contributed by atoms with Gasteiger partial charge in [-0.05, 0) is 45.2 Å². The number of benzene rings is 1. The lowest BCUT2D eigenvalue weighted by atomic mass is 9.96. The van der Waals surface area contributed by atoms with Gasteiger partial charge in [-0.1, -0.05) is 18.2 Å². The van der Waals surface area contributed by atoms with E-state index in [4.69, 9.17) is 0 Å². The molecule has 0 aliphatic carbocycles. The van der Waals surface area contributed by atoms with Crippen molar-refractivity contribution in [3.63, 3.8) is 0 Å². The Kier molecular flexibility index (Phi) is 4.60. The first kappa shape index (κ1) is 18.9. The highest BCUT2D eigenvalue weighted by Crippen LogP contribution is 2.28. The fourth-order valence-electron chi connectivity index (χ4n) is 4.95. The zero-order valence-electron chi connectivity index (χ0n) is 17.4. The summed E-state index contributed by atoms with van der Waals surface area (Å²) in [4.78, 5) is 33.5. The van der Waals surface area contributed by atoms with Crippen molar-refractivity contribution in [3.05, 3.63) is 53.0 Å². The maximum Gasteiger partial charge on any atom is 0.275 e. The van der Waals surface area contributed by atoms with Crippen LogP contribution < -0.4 is 0 Å². The third kappa shape index (κ3) is 3.09. The van der Waals surface area contributed by atoms with Gasteiger partial charge in [0.15, 0.2) is 5.69 Å². The Morgan fingerprint density at radius 2 is 1.87 bits per heavy atom. The second-order valence-corrected chi connectivity index (χ2v) is 8.62. The van der Waals surface area contributed by atoms with Gasteiger partial charge in [0, 0.05) is 47.2 Å². The van der Waals surface area contributed by atoms with Gasteiger partial charge in [-0.3, -0.25) is 14.7 Å². The second-order valence-electron chi connectivity index (χ2n) is 8.62. The number of hydrogen-bond donors (Lipinski definition) is 2. The van der Waals surface area contributed by atoms with Gasteiger partial charge in [-0.15, -0.1) is 0 Å². The van der Waals surface area contributed by atoms with Crippen molar-refractivity contribution < 1.29 is 9.59 Å². The second kappa shape index (κ2) is 7.31. The molecule has 1 fully saturated rings. The number of carbonyl (C=O) groups is 2. The molecule has 5 rings (SSSR count). The number of aromatic nitrogens is 3. The summed E-state index contributed by atoms with van der Waals surface area (Å²) in [6.45, 7) is 5.22. The van der Waals surface area contributed by atoms with E-state index in [0.717, 1.165) is 41.4 Å². The van der Waals surface area contributed by atoms with Crippen molar-refractivity contribution in [2.24, 2.45) is 0 Å². The van der Waals surface area contributed by atoms with Crippen LogP contribution in [-0.4, -0.2) is 55.4 Å². The lowest BCUT2D eigenvalue weighted by Gasteiger charge is -2.39. The van der Waals surface area contributed by atoms with Crippen LogP contribution in [0.5, 0.6) is 0 Å². The number of carbonyl (C=O) groups excluding carboxylic acids is 2. The van der Waals surface area contributed by atoms with Crippen LogP contribution in [0.15, 0.2) is 30.3 Å². The van der Waals surface area contributed by atoms with Crippen LogP contribution in [0.2, 0.25) is 0 Å². The van der Waals surface area contributed by atoms with Crippen LogP contribution >= 0.6 is 0 Å². The first-order chi connectivity index (χ1) is 14.5. The molecule has 156 valence electrons. The Hall–Kier alpha value is -3.09. The van der Waals surface area contributed by atoms with Crippen molar-refractivity contribution in [2.75, 3.05) is 6.54 Å². The number of hydrogen-bond acceptors (Lipinski definition) is 3. The van der Waals surface area contributed by atoms with Crippen molar-refractivity contribution in [2.45, 2.75) is 58.2 Å². The number of para-hydroxylation sites is 1. The van der Waals surface area contributed by atoms with Crippen LogP contribution in [0, 0.1) is 0 Å². The first-order valence-corrected chi connectivity index (χ1v) is 10.8. The van der Waals surface area contributed by atoms with Crippen LogP contribution in [0.1, 0.15) is 65.3 Å².